The third-order valence-electron chi connectivity index (χ3n) is 4.89. The summed E-state index contributed by atoms with van der Waals surface area (Å²) in [4.78, 5) is 12.5. The van der Waals surface area contributed by atoms with Crippen molar-refractivity contribution in [3.8, 4) is 17.2 Å². The number of amides is 1. The summed E-state index contributed by atoms with van der Waals surface area (Å²) >= 11 is 1.30. The van der Waals surface area contributed by atoms with Gasteiger partial charge in [0.2, 0.25) is 5.91 Å². The Morgan fingerprint density at radius 3 is 2.47 bits per heavy atom. The Labute approximate surface area is 192 Å². The van der Waals surface area contributed by atoms with E-state index in [2.05, 4.69) is 34.6 Å². The van der Waals surface area contributed by atoms with E-state index < -0.39 is 0 Å². The second-order valence-corrected chi connectivity index (χ2v) is 8.00. The number of benzene rings is 2. The summed E-state index contributed by atoms with van der Waals surface area (Å²) in [5, 5.41) is 12.0. The smallest absolute Gasteiger partial charge is 0.234 e. The highest BCUT2D eigenvalue weighted by Gasteiger charge is 2.18. The maximum Gasteiger partial charge on any atom is 0.234 e. The molecule has 3 aromatic rings. The summed E-state index contributed by atoms with van der Waals surface area (Å²) in [5.41, 5.74) is 1.83. The molecule has 0 fully saturated rings. The van der Waals surface area contributed by atoms with Crippen molar-refractivity contribution in [2.24, 2.45) is 7.05 Å². The lowest BCUT2D eigenvalue weighted by Gasteiger charge is -2.14. The van der Waals surface area contributed by atoms with Crippen LogP contribution >= 0.6 is 11.8 Å². The van der Waals surface area contributed by atoms with Crippen molar-refractivity contribution >= 4 is 23.4 Å². The number of aryl methyl sites for hydroxylation is 1. The van der Waals surface area contributed by atoms with Gasteiger partial charge in [-0.3, -0.25) is 4.79 Å². The normalized spacial score (nSPS) is 11.7. The number of rotatable bonds is 10. The van der Waals surface area contributed by atoms with E-state index in [4.69, 9.17) is 14.2 Å². The molecule has 1 unspecified atom stereocenters. The maximum atomic E-state index is 12.5. The summed E-state index contributed by atoms with van der Waals surface area (Å²) in [7, 11) is 4.98. The zero-order valence-electron chi connectivity index (χ0n) is 18.9. The number of hydrogen-bond donors (Lipinski definition) is 1. The molecular weight excluding hydrogens is 428 g/mol. The topological polar surface area (TPSA) is 87.5 Å². The second kappa shape index (κ2) is 10.9. The van der Waals surface area contributed by atoms with Crippen LogP contribution in [0.1, 0.15) is 31.3 Å². The summed E-state index contributed by atoms with van der Waals surface area (Å²) in [6.45, 7) is 4.04. The van der Waals surface area contributed by atoms with Crippen molar-refractivity contribution in [2.45, 2.75) is 31.5 Å². The van der Waals surface area contributed by atoms with E-state index in [1.165, 1.54) is 17.3 Å². The number of nitrogens with one attached hydrogen (secondary N) is 1. The predicted molar refractivity (Wildman–Crippen MR) is 125 cm³/mol. The molecule has 1 heterocycles. The van der Waals surface area contributed by atoms with E-state index in [0.29, 0.717) is 28.2 Å². The number of ether oxygens (including phenoxy) is 3. The summed E-state index contributed by atoms with van der Waals surface area (Å²) in [6, 6.07) is 13.2. The van der Waals surface area contributed by atoms with Crippen LogP contribution < -0.4 is 19.5 Å². The van der Waals surface area contributed by atoms with Crippen LogP contribution in [0.25, 0.3) is 0 Å². The quantitative estimate of drug-likeness (QED) is 0.456. The molecule has 0 spiro atoms. The number of hydrogen-bond acceptors (Lipinski definition) is 7. The fourth-order valence-electron chi connectivity index (χ4n) is 3.08. The first-order chi connectivity index (χ1) is 15.4. The van der Waals surface area contributed by atoms with Gasteiger partial charge in [-0.1, -0.05) is 30.8 Å². The Hall–Kier alpha value is -3.20. The van der Waals surface area contributed by atoms with Gasteiger partial charge in [0.1, 0.15) is 17.2 Å². The number of carbonyl (C=O) groups is 1. The number of methoxy groups -OCH3 is 2. The monoisotopic (exact) mass is 456 g/mol. The molecule has 3 rings (SSSR count). The van der Waals surface area contributed by atoms with E-state index in [9.17, 15) is 4.79 Å². The molecule has 8 nitrogen and oxygen atoms in total. The van der Waals surface area contributed by atoms with E-state index in [1.54, 1.807) is 32.4 Å². The molecule has 32 heavy (non-hydrogen) atoms. The number of thioether (sulfide) groups is 1. The Bertz CT molecular complexity index is 1050. The molecule has 1 N–H and O–H groups in total. The fourth-order valence-corrected chi connectivity index (χ4v) is 3.80. The molecule has 0 saturated carbocycles. The highest BCUT2D eigenvalue weighted by atomic mass is 32.2. The van der Waals surface area contributed by atoms with E-state index in [-0.39, 0.29) is 17.8 Å². The molecule has 170 valence electrons. The van der Waals surface area contributed by atoms with Crippen LogP contribution in [0.5, 0.6) is 17.2 Å². The maximum absolute atomic E-state index is 12.5. The minimum absolute atomic E-state index is 0.175. The lowest BCUT2D eigenvalue weighted by Crippen LogP contribution is -2.15. The second-order valence-electron chi connectivity index (χ2n) is 7.06. The third kappa shape index (κ3) is 5.73. The molecule has 0 bridgehead atoms. The van der Waals surface area contributed by atoms with Crippen molar-refractivity contribution in [1.29, 1.82) is 0 Å². The van der Waals surface area contributed by atoms with Gasteiger partial charge in [0.25, 0.3) is 0 Å². The highest BCUT2D eigenvalue weighted by Crippen LogP contribution is 2.29. The lowest BCUT2D eigenvalue weighted by molar-refractivity contribution is -0.113. The van der Waals surface area contributed by atoms with Crippen LogP contribution in [0.2, 0.25) is 0 Å². The van der Waals surface area contributed by atoms with Crippen LogP contribution in [0.3, 0.4) is 0 Å². The first kappa shape index (κ1) is 23.5. The highest BCUT2D eigenvalue weighted by molar-refractivity contribution is 7.99. The first-order valence-corrected chi connectivity index (χ1v) is 11.2. The van der Waals surface area contributed by atoms with Gasteiger partial charge in [0.15, 0.2) is 17.1 Å². The van der Waals surface area contributed by atoms with Gasteiger partial charge in [-0.2, -0.15) is 0 Å². The minimum Gasteiger partial charge on any atom is -0.497 e. The first-order valence-electron chi connectivity index (χ1n) is 10.2. The summed E-state index contributed by atoms with van der Waals surface area (Å²) in [5.74, 6) is 2.64. The van der Waals surface area contributed by atoms with Crippen LogP contribution in [-0.4, -0.2) is 40.6 Å². The molecule has 0 aliphatic rings. The van der Waals surface area contributed by atoms with Gasteiger partial charge in [0.05, 0.1) is 25.7 Å². The fraction of sp³-hybridized carbons (Fsp3) is 0.348. The average molecular weight is 457 g/mol. The predicted octanol–water partition coefficient (Wildman–Crippen LogP) is 4.27. The van der Waals surface area contributed by atoms with Crippen molar-refractivity contribution in [1.82, 2.24) is 14.8 Å². The molecule has 2 aromatic carbocycles. The van der Waals surface area contributed by atoms with Gasteiger partial charge >= 0.3 is 0 Å². The van der Waals surface area contributed by atoms with Crippen LogP contribution in [0.15, 0.2) is 47.6 Å². The van der Waals surface area contributed by atoms with Crippen molar-refractivity contribution < 1.29 is 19.0 Å². The molecule has 0 saturated heterocycles. The number of nitrogens with zero attached hydrogens (tertiary/aromatic N) is 3. The lowest BCUT2D eigenvalue weighted by atomic mass is 10.2. The summed E-state index contributed by atoms with van der Waals surface area (Å²) in [6.07, 6.45) is 0.699. The van der Waals surface area contributed by atoms with Crippen molar-refractivity contribution in [2.75, 3.05) is 25.3 Å². The largest absolute Gasteiger partial charge is 0.497 e. The van der Waals surface area contributed by atoms with Gasteiger partial charge in [-0.15, -0.1) is 10.2 Å². The van der Waals surface area contributed by atoms with E-state index >= 15 is 0 Å². The van der Waals surface area contributed by atoms with Crippen molar-refractivity contribution in [3.05, 3.63) is 53.9 Å². The standard InChI is InChI=1S/C23H28N4O4S/c1-6-16-7-9-17(10-8-16)31-15(2)22-25-26-23(27(22)3)32-14-21(28)24-19-12-11-18(29-4)13-20(19)30-5/h7-13,15H,6,14H2,1-5H3,(H,24,28). The molecule has 0 aliphatic carbocycles. The third-order valence-corrected chi connectivity index (χ3v) is 5.91. The molecule has 0 radical (unpaired) electrons. The Morgan fingerprint density at radius 2 is 1.81 bits per heavy atom. The Kier molecular flexibility index (Phi) is 7.99. The van der Waals surface area contributed by atoms with Crippen LogP contribution in [0, 0.1) is 0 Å². The molecule has 1 atom stereocenters. The zero-order valence-corrected chi connectivity index (χ0v) is 19.7. The van der Waals surface area contributed by atoms with E-state index in [0.717, 1.165) is 12.2 Å². The molecule has 9 heteroatoms. The number of carbonyl (C=O) groups excluding carboxylic acids is 1. The molecule has 1 aromatic heterocycles. The summed E-state index contributed by atoms with van der Waals surface area (Å²) < 4.78 is 18.4. The number of anilines is 1. The SMILES string of the molecule is CCc1ccc(OC(C)c2nnc(SCC(=O)Nc3ccc(OC)cc3OC)n2C)cc1. The Morgan fingerprint density at radius 1 is 1.09 bits per heavy atom. The van der Waals surface area contributed by atoms with Crippen LogP contribution in [0.4, 0.5) is 5.69 Å². The van der Waals surface area contributed by atoms with Crippen LogP contribution in [-0.2, 0) is 18.3 Å². The van der Waals surface area contributed by atoms with E-state index in [1.807, 2.05) is 30.7 Å². The van der Waals surface area contributed by atoms with Gasteiger partial charge in [-0.25, -0.2) is 0 Å². The molecule has 1 amide bonds. The average Bonchev–Trinajstić information content (AvgIpc) is 3.18. The van der Waals surface area contributed by atoms with Gasteiger partial charge in [0, 0.05) is 13.1 Å². The zero-order chi connectivity index (χ0) is 23.1. The molecular formula is C23H28N4O4S. The van der Waals surface area contributed by atoms with Gasteiger partial charge < -0.3 is 24.1 Å². The number of aromatic nitrogens is 3. The van der Waals surface area contributed by atoms with Crippen molar-refractivity contribution in [3.63, 3.8) is 0 Å². The minimum atomic E-state index is -0.285. The Balaban J connectivity index is 1.58. The van der Waals surface area contributed by atoms with Gasteiger partial charge in [-0.05, 0) is 43.2 Å². The molecule has 0 aliphatic heterocycles.